The third-order valence-electron chi connectivity index (χ3n) is 3.11. The molecule has 5 heteroatoms. The van der Waals surface area contributed by atoms with Crippen molar-refractivity contribution in [2.24, 2.45) is 5.73 Å². The molecule has 2 heterocycles. The van der Waals surface area contributed by atoms with Crippen LogP contribution in [-0.4, -0.2) is 23.1 Å². The molecule has 0 spiro atoms. The summed E-state index contributed by atoms with van der Waals surface area (Å²) in [6.07, 6.45) is 4.86. The first-order valence-corrected chi connectivity index (χ1v) is 6.28. The molecule has 0 radical (unpaired) electrons. The van der Waals surface area contributed by atoms with Crippen molar-refractivity contribution < 1.29 is 0 Å². The highest BCUT2D eigenvalue weighted by Crippen LogP contribution is 2.16. The summed E-state index contributed by atoms with van der Waals surface area (Å²) in [4.78, 5) is 20.9. The lowest BCUT2D eigenvalue weighted by molar-refractivity contribution is 0.713. The van der Waals surface area contributed by atoms with E-state index in [-0.39, 0.29) is 11.6 Å². The first-order valence-electron chi connectivity index (χ1n) is 6.28. The summed E-state index contributed by atoms with van der Waals surface area (Å²) < 4.78 is 0. The number of hydrogen-bond acceptors (Lipinski definition) is 4. The summed E-state index contributed by atoms with van der Waals surface area (Å²) in [5, 5.41) is 0. The van der Waals surface area contributed by atoms with Crippen molar-refractivity contribution >= 4 is 5.82 Å². The Morgan fingerprint density at radius 2 is 2.00 bits per heavy atom. The largest absolute Gasteiger partial charge is 0.356 e. The van der Waals surface area contributed by atoms with Gasteiger partial charge >= 0.3 is 0 Å². The van der Waals surface area contributed by atoms with E-state index in [4.69, 9.17) is 5.73 Å². The predicted molar refractivity (Wildman–Crippen MR) is 68.1 cm³/mol. The van der Waals surface area contributed by atoms with Crippen molar-refractivity contribution in [2.45, 2.75) is 38.6 Å². The first kappa shape index (κ1) is 12.1. The highest BCUT2D eigenvalue weighted by molar-refractivity contribution is 5.37. The highest BCUT2D eigenvalue weighted by Gasteiger charge is 2.13. The molecule has 1 aromatic rings. The summed E-state index contributed by atoms with van der Waals surface area (Å²) in [5.41, 5.74) is 5.64. The second-order valence-corrected chi connectivity index (χ2v) is 4.68. The van der Waals surface area contributed by atoms with E-state index in [9.17, 15) is 4.79 Å². The minimum Gasteiger partial charge on any atom is -0.356 e. The minimum absolute atomic E-state index is 0.119. The van der Waals surface area contributed by atoms with Gasteiger partial charge in [0.05, 0.1) is 6.04 Å². The second kappa shape index (κ2) is 5.31. The molecule has 1 saturated heterocycles. The Morgan fingerprint density at radius 1 is 1.35 bits per heavy atom. The maximum absolute atomic E-state index is 11.6. The summed E-state index contributed by atoms with van der Waals surface area (Å²) in [5.74, 6) is 1.33. The second-order valence-electron chi connectivity index (χ2n) is 4.68. The number of H-pyrrole nitrogens is 1. The first-order chi connectivity index (χ1) is 8.16. The molecule has 1 unspecified atom stereocenters. The Balaban J connectivity index is 2.27. The van der Waals surface area contributed by atoms with E-state index in [2.05, 4.69) is 14.9 Å². The molecule has 17 heavy (non-hydrogen) atoms. The molecule has 1 atom stereocenters. The highest BCUT2D eigenvalue weighted by atomic mass is 16.1. The van der Waals surface area contributed by atoms with E-state index in [0.717, 1.165) is 18.9 Å². The number of nitrogens with zero attached hydrogens (tertiary/aromatic N) is 2. The van der Waals surface area contributed by atoms with Crippen LogP contribution in [0.5, 0.6) is 0 Å². The molecule has 2 rings (SSSR count). The van der Waals surface area contributed by atoms with Gasteiger partial charge in [0.25, 0.3) is 5.56 Å². The monoisotopic (exact) mass is 236 g/mol. The molecule has 0 saturated carbocycles. The van der Waals surface area contributed by atoms with Gasteiger partial charge in [0, 0.05) is 19.2 Å². The van der Waals surface area contributed by atoms with Crippen LogP contribution in [-0.2, 0) is 0 Å². The fourth-order valence-corrected chi connectivity index (χ4v) is 2.14. The van der Waals surface area contributed by atoms with Crippen molar-refractivity contribution in [3.05, 3.63) is 22.2 Å². The Morgan fingerprint density at radius 3 is 2.59 bits per heavy atom. The molecule has 5 nitrogen and oxygen atoms in total. The lowest BCUT2D eigenvalue weighted by Gasteiger charge is -2.21. The number of anilines is 1. The van der Waals surface area contributed by atoms with Crippen LogP contribution in [0.15, 0.2) is 10.9 Å². The van der Waals surface area contributed by atoms with Crippen LogP contribution in [0.4, 0.5) is 5.82 Å². The molecule has 0 aromatic carbocycles. The lowest BCUT2D eigenvalue weighted by Crippen LogP contribution is -2.28. The fourth-order valence-electron chi connectivity index (χ4n) is 2.14. The SMILES string of the molecule is CC(N)c1nc(N2CCCCCC2)cc(=O)[nH]1. The number of nitrogens with two attached hydrogens (primary N) is 1. The van der Waals surface area contributed by atoms with Gasteiger partial charge in [0.1, 0.15) is 11.6 Å². The molecule has 0 bridgehead atoms. The van der Waals surface area contributed by atoms with Gasteiger partial charge in [-0.3, -0.25) is 4.79 Å². The molecule has 1 fully saturated rings. The zero-order chi connectivity index (χ0) is 12.3. The Bertz CT molecular complexity index is 419. The molecule has 1 aliphatic rings. The zero-order valence-electron chi connectivity index (χ0n) is 10.3. The summed E-state index contributed by atoms with van der Waals surface area (Å²) in [7, 11) is 0. The topological polar surface area (TPSA) is 75.0 Å². The van der Waals surface area contributed by atoms with Crippen LogP contribution in [0.2, 0.25) is 0 Å². The van der Waals surface area contributed by atoms with Crippen LogP contribution in [0, 0.1) is 0 Å². The quantitative estimate of drug-likeness (QED) is 0.808. The number of aromatic amines is 1. The lowest BCUT2D eigenvalue weighted by atomic mass is 10.2. The normalized spacial score (nSPS) is 18.8. The van der Waals surface area contributed by atoms with Crippen molar-refractivity contribution in [1.29, 1.82) is 0 Å². The van der Waals surface area contributed by atoms with E-state index in [1.807, 2.05) is 6.92 Å². The smallest absolute Gasteiger partial charge is 0.253 e. The molecule has 0 aliphatic carbocycles. The van der Waals surface area contributed by atoms with E-state index in [1.54, 1.807) is 6.07 Å². The molecular formula is C12H20N4O. The third-order valence-corrected chi connectivity index (χ3v) is 3.11. The summed E-state index contributed by atoms with van der Waals surface area (Å²) in [6, 6.07) is 1.33. The summed E-state index contributed by atoms with van der Waals surface area (Å²) >= 11 is 0. The predicted octanol–water partition coefficient (Wildman–Crippen LogP) is 1.17. The zero-order valence-corrected chi connectivity index (χ0v) is 10.3. The maximum atomic E-state index is 11.6. The number of aromatic nitrogens is 2. The van der Waals surface area contributed by atoms with Crippen LogP contribution in [0.3, 0.4) is 0 Å². The average Bonchev–Trinajstić information content (AvgIpc) is 2.56. The summed E-state index contributed by atoms with van der Waals surface area (Å²) in [6.45, 7) is 3.79. The van der Waals surface area contributed by atoms with E-state index in [0.29, 0.717) is 5.82 Å². The standard InChI is InChI=1S/C12H20N4O/c1-9(13)12-14-10(8-11(17)15-12)16-6-4-2-3-5-7-16/h8-9H,2-7,13H2,1H3,(H,14,15,17). The molecule has 1 aromatic heterocycles. The van der Waals surface area contributed by atoms with Crippen molar-refractivity contribution in [3.63, 3.8) is 0 Å². The van der Waals surface area contributed by atoms with Gasteiger partial charge in [0.2, 0.25) is 0 Å². The van der Waals surface area contributed by atoms with Crippen LogP contribution < -0.4 is 16.2 Å². The van der Waals surface area contributed by atoms with Gasteiger partial charge < -0.3 is 15.6 Å². The Hall–Kier alpha value is -1.36. The Labute approximate surface area is 101 Å². The molecule has 1 aliphatic heterocycles. The molecule has 3 N–H and O–H groups in total. The van der Waals surface area contributed by atoms with Crippen molar-refractivity contribution in [3.8, 4) is 0 Å². The fraction of sp³-hybridized carbons (Fsp3) is 0.667. The number of rotatable bonds is 2. The van der Waals surface area contributed by atoms with Crippen molar-refractivity contribution in [2.75, 3.05) is 18.0 Å². The van der Waals surface area contributed by atoms with Gasteiger partial charge in [0.15, 0.2) is 0 Å². The Kier molecular flexibility index (Phi) is 3.78. The maximum Gasteiger partial charge on any atom is 0.253 e. The van der Waals surface area contributed by atoms with E-state index >= 15 is 0 Å². The van der Waals surface area contributed by atoms with Crippen molar-refractivity contribution in [1.82, 2.24) is 9.97 Å². The van der Waals surface area contributed by atoms with Gasteiger partial charge in [-0.15, -0.1) is 0 Å². The minimum atomic E-state index is -0.241. The van der Waals surface area contributed by atoms with E-state index in [1.165, 1.54) is 25.7 Å². The molecule has 0 amide bonds. The van der Waals surface area contributed by atoms with E-state index < -0.39 is 0 Å². The average molecular weight is 236 g/mol. The number of nitrogens with one attached hydrogen (secondary N) is 1. The molecular weight excluding hydrogens is 216 g/mol. The van der Waals surface area contributed by atoms with Gasteiger partial charge in [-0.1, -0.05) is 12.8 Å². The van der Waals surface area contributed by atoms with Crippen LogP contribution in [0.1, 0.15) is 44.5 Å². The van der Waals surface area contributed by atoms with Gasteiger partial charge in [-0.05, 0) is 19.8 Å². The van der Waals surface area contributed by atoms with Gasteiger partial charge in [-0.2, -0.15) is 0 Å². The number of hydrogen-bond donors (Lipinski definition) is 2. The third kappa shape index (κ3) is 3.06. The van der Waals surface area contributed by atoms with Gasteiger partial charge in [-0.25, -0.2) is 4.98 Å². The van der Waals surface area contributed by atoms with Crippen LogP contribution in [0.25, 0.3) is 0 Å². The molecule has 94 valence electrons. The van der Waals surface area contributed by atoms with Crippen LogP contribution >= 0.6 is 0 Å².